The molecule has 74 heavy (non-hydrogen) atoms. The average Bonchev–Trinajstić information content (AvgIpc) is 3.34. The number of carboxylic acid groups (broad SMARTS) is 1. The number of carbonyl (C=O) groups excluding carboxylic acids is 4. The summed E-state index contributed by atoms with van der Waals surface area (Å²) in [5.41, 5.74) is 0. The van der Waals surface area contributed by atoms with E-state index in [1.807, 2.05) is 0 Å². The first-order valence-electron chi connectivity index (χ1n) is 23.1. The first-order valence-corrected chi connectivity index (χ1v) is 23.1. The molecule has 1 unspecified atom stereocenters. The van der Waals surface area contributed by atoms with E-state index in [-0.39, 0.29) is 0 Å². The minimum atomic E-state index is -3.08. The maximum absolute atomic E-state index is 12.9. The number of aliphatic carboxylic acids is 1. The smallest absolute Gasteiger partial charge is 0.364 e. The maximum atomic E-state index is 12.9. The highest BCUT2D eigenvalue weighted by molar-refractivity contribution is 5.77. The molecule has 4 rings (SSSR count). The lowest BCUT2D eigenvalue weighted by Gasteiger charge is -2.49. The van der Waals surface area contributed by atoms with Gasteiger partial charge in [0.15, 0.2) is 18.9 Å². The molecule has 25 atom stereocenters. The van der Waals surface area contributed by atoms with Crippen LogP contribution in [0, 0.1) is 0 Å². The Balaban J connectivity index is 1.77. The molecule has 0 aromatic heterocycles. The molecule has 0 spiro atoms. The van der Waals surface area contributed by atoms with Crippen LogP contribution in [0.15, 0.2) is 0 Å². The summed E-state index contributed by atoms with van der Waals surface area (Å²) >= 11 is 0. The predicted octanol–water partition coefficient (Wildman–Crippen LogP) is -12.5. The van der Waals surface area contributed by atoms with Crippen molar-refractivity contribution in [3.63, 3.8) is 0 Å². The summed E-state index contributed by atoms with van der Waals surface area (Å²) in [6.45, 7) is -2.46. The number of carbonyl (C=O) groups is 5. The van der Waals surface area contributed by atoms with Gasteiger partial charge in [0, 0.05) is 34.1 Å². The maximum Gasteiger partial charge on any atom is 0.364 e. The molecule has 0 aliphatic carbocycles. The molecule has 4 heterocycles. The molecule has 4 aliphatic rings. The van der Waals surface area contributed by atoms with E-state index >= 15 is 0 Å². The third-order valence-corrected chi connectivity index (χ3v) is 12.5. The summed E-state index contributed by atoms with van der Waals surface area (Å²) in [4.78, 5) is 62.3. The van der Waals surface area contributed by atoms with Crippen molar-refractivity contribution in [1.82, 2.24) is 21.3 Å². The van der Waals surface area contributed by atoms with Crippen molar-refractivity contribution in [2.24, 2.45) is 0 Å². The van der Waals surface area contributed by atoms with E-state index in [4.69, 9.17) is 37.9 Å². The van der Waals surface area contributed by atoms with Crippen LogP contribution in [0.4, 0.5) is 0 Å². The van der Waals surface area contributed by atoms with Crippen molar-refractivity contribution in [3.8, 4) is 0 Å². The number of amides is 4. The lowest BCUT2D eigenvalue weighted by Crippen LogP contribution is -2.70. The molecular formula is C41H70N4O29. The fourth-order valence-electron chi connectivity index (χ4n) is 8.73. The van der Waals surface area contributed by atoms with E-state index in [2.05, 4.69) is 21.3 Å². The number of nitrogens with one attached hydrogen (secondary N) is 4. The van der Waals surface area contributed by atoms with Gasteiger partial charge in [0.05, 0.1) is 57.8 Å². The minimum Gasteiger partial charge on any atom is -0.477 e. The van der Waals surface area contributed by atoms with Crippen molar-refractivity contribution in [3.05, 3.63) is 0 Å². The van der Waals surface area contributed by atoms with Crippen LogP contribution in [0.2, 0.25) is 0 Å². The van der Waals surface area contributed by atoms with Gasteiger partial charge in [-0.3, -0.25) is 19.2 Å². The van der Waals surface area contributed by atoms with Crippen molar-refractivity contribution < 1.29 is 144 Å². The highest BCUT2D eigenvalue weighted by Crippen LogP contribution is 2.36. The zero-order valence-corrected chi connectivity index (χ0v) is 40.3. The second-order valence-electron chi connectivity index (χ2n) is 18.2. The molecule has 0 bridgehead atoms. The van der Waals surface area contributed by atoms with Crippen LogP contribution >= 0.6 is 0 Å². The van der Waals surface area contributed by atoms with Crippen LogP contribution in [0.1, 0.15) is 34.1 Å². The number of hydrogen-bond donors (Lipinski definition) is 20. The van der Waals surface area contributed by atoms with Crippen molar-refractivity contribution in [2.75, 3.05) is 39.6 Å². The highest BCUT2D eigenvalue weighted by Gasteiger charge is 2.58. The average molecular weight is 1080 g/mol. The molecule has 4 aliphatic heterocycles. The van der Waals surface area contributed by atoms with Gasteiger partial charge in [-0.1, -0.05) is 0 Å². The van der Waals surface area contributed by atoms with Crippen LogP contribution in [0.25, 0.3) is 0 Å². The summed E-state index contributed by atoms with van der Waals surface area (Å²) in [5, 5.41) is 180. The fourth-order valence-corrected chi connectivity index (χ4v) is 8.73. The second-order valence-corrected chi connectivity index (χ2v) is 18.2. The Morgan fingerprint density at radius 1 is 0.622 bits per heavy atom. The van der Waals surface area contributed by atoms with Gasteiger partial charge in [-0.2, -0.15) is 0 Å². The van der Waals surface area contributed by atoms with Gasteiger partial charge in [0.2, 0.25) is 23.6 Å². The monoisotopic (exact) mass is 1080 g/mol. The number of rotatable bonds is 24. The molecular weight excluding hydrogens is 1010 g/mol. The van der Waals surface area contributed by atoms with Crippen molar-refractivity contribution in [1.29, 1.82) is 0 Å². The lowest BCUT2D eigenvalue weighted by atomic mass is 9.88. The first kappa shape index (κ1) is 63.0. The van der Waals surface area contributed by atoms with E-state index in [9.17, 15) is 106 Å². The molecule has 4 fully saturated rings. The van der Waals surface area contributed by atoms with E-state index < -0.39 is 228 Å². The van der Waals surface area contributed by atoms with Gasteiger partial charge in [0.25, 0.3) is 5.79 Å². The second kappa shape index (κ2) is 27.7. The SMILES string of the molecule is CC(=O)N[C@H]1[C@H](OC[C@H]2O[C@H](O[C@@H]([C@@H](O)[C@H](O)CO[C@]3(C(=O)O)C[C@H](O)[C@@H](NC(C)=O)[C@H]([C@H](O)[C@H](O)CO)O3)[C@H](CO)NC(C)=O)[C@H](NC(C)=O)[C@@H](OC3O[C@H](CO)[C@H](O)[C@H](O)[C@H]3O)[C@H]2O)O[C@H](CO)[C@@H](O)[C@@H]1O. The van der Waals surface area contributed by atoms with Gasteiger partial charge in [-0.25, -0.2) is 4.79 Å². The molecule has 0 radical (unpaired) electrons. The molecule has 428 valence electrons. The fraction of sp³-hybridized carbons (Fsp3) is 0.878. The molecule has 20 N–H and O–H groups in total. The summed E-state index contributed by atoms with van der Waals surface area (Å²) in [7, 11) is 0. The molecule has 0 saturated carbocycles. The summed E-state index contributed by atoms with van der Waals surface area (Å²) in [6.07, 6.45) is -41.4. The Morgan fingerprint density at radius 2 is 1.16 bits per heavy atom. The Labute approximate surface area is 420 Å². The van der Waals surface area contributed by atoms with E-state index in [1.165, 1.54) is 0 Å². The summed E-state index contributed by atoms with van der Waals surface area (Å²) in [6, 6.07) is -6.93. The number of aliphatic hydroxyl groups excluding tert-OH is 15. The number of ether oxygens (including phenoxy) is 8. The molecule has 0 aromatic carbocycles. The third-order valence-electron chi connectivity index (χ3n) is 12.5. The largest absolute Gasteiger partial charge is 0.477 e. The van der Waals surface area contributed by atoms with E-state index in [0.717, 1.165) is 27.7 Å². The zero-order valence-electron chi connectivity index (χ0n) is 40.3. The summed E-state index contributed by atoms with van der Waals surface area (Å²) < 4.78 is 46.0. The van der Waals surface area contributed by atoms with Crippen LogP contribution in [-0.2, 0) is 61.9 Å². The van der Waals surface area contributed by atoms with Gasteiger partial charge in [-0.05, 0) is 0 Å². The highest BCUT2D eigenvalue weighted by atomic mass is 16.8. The first-order chi connectivity index (χ1) is 34.7. The molecule has 33 nitrogen and oxygen atoms in total. The Hall–Kier alpha value is -3.57. The molecule has 0 aromatic rings. The Kier molecular flexibility index (Phi) is 23.5. The molecule has 4 saturated heterocycles. The van der Waals surface area contributed by atoms with Crippen LogP contribution < -0.4 is 21.3 Å². The number of hydrogen-bond acceptors (Lipinski definition) is 28. The topological polar surface area (TPSA) is 531 Å². The molecule has 4 amide bonds. The lowest BCUT2D eigenvalue weighted by molar-refractivity contribution is -0.355. The number of aliphatic hydroxyl groups is 15. The van der Waals surface area contributed by atoms with E-state index in [1.54, 1.807) is 0 Å². The third kappa shape index (κ3) is 15.1. The van der Waals surface area contributed by atoms with E-state index in [0.29, 0.717) is 0 Å². The van der Waals surface area contributed by atoms with Crippen LogP contribution in [0.3, 0.4) is 0 Å². The van der Waals surface area contributed by atoms with Crippen molar-refractivity contribution in [2.45, 2.75) is 187 Å². The standard InChI is InChI=1S/C41H70N4O29/c1-12(50)42-16(6-46)34(27(58)19(56)10-68-41(40(65)66)5-17(54)23(43-13(2)51)36(74-41)26(57)18(55)7-47)72-38-25(45-15(4)53)35(73-39-33(64)32(63)29(60)21(9-49)70-39)30(61)22(71-38)11-67-37-24(44-14(3)52)31(62)28(59)20(8-48)69-37/h16-39,46-49,54-64H,5-11H2,1-4H3,(H,42,50)(H,43,51)(H,44,52)(H,45,53)(H,65,66)/t16-,17-,18+,19+,20+,21+,22+,23+,24+,25+,26+,27-,28+,29-,30-,31+,32-,33+,34+,35+,36+,37+,38+,39?,41+/m0/s1. The quantitative estimate of drug-likeness (QED) is 0.0427. The molecule has 33 heteroatoms. The van der Waals surface area contributed by atoms with Gasteiger partial charge in [0.1, 0.15) is 110 Å². The number of carboxylic acids is 1. The predicted molar refractivity (Wildman–Crippen MR) is 232 cm³/mol. The van der Waals surface area contributed by atoms with Crippen LogP contribution in [0.5, 0.6) is 0 Å². The Morgan fingerprint density at radius 3 is 1.69 bits per heavy atom. The van der Waals surface area contributed by atoms with Crippen molar-refractivity contribution >= 4 is 29.6 Å². The minimum absolute atomic E-state index is 0.761. The van der Waals surface area contributed by atoms with Gasteiger partial charge >= 0.3 is 5.97 Å². The summed E-state index contributed by atoms with van der Waals surface area (Å²) in [5.74, 6) is -8.52. The normalized spacial score (nSPS) is 39.1. The van der Waals surface area contributed by atoms with Crippen LogP contribution in [-0.4, -0.2) is 304 Å². The van der Waals surface area contributed by atoms with Gasteiger partial charge < -0.3 is 141 Å². The Bertz CT molecular complexity index is 1840. The zero-order chi connectivity index (χ0) is 55.7. The van der Waals surface area contributed by atoms with Gasteiger partial charge in [-0.15, -0.1) is 0 Å².